The predicted octanol–water partition coefficient (Wildman–Crippen LogP) is 2.11. The lowest BCUT2D eigenvalue weighted by atomic mass is 9.97. The van der Waals surface area contributed by atoms with Crippen molar-refractivity contribution < 1.29 is 0 Å². The van der Waals surface area contributed by atoms with Gasteiger partial charge >= 0.3 is 0 Å². The first-order valence-electron chi connectivity index (χ1n) is 4.90. The third-order valence-corrected chi connectivity index (χ3v) is 1.75. The average molecular weight is 204 g/mol. The number of nitrogens with one attached hydrogen (secondary N) is 1. The minimum absolute atomic E-state index is 0.167. The Morgan fingerprint density at radius 1 is 1.40 bits per heavy atom. The van der Waals surface area contributed by atoms with E-state index in [2.05, 4.69) is 36.1 Å². The van der Waals surface area contributed by atoms with Gasteiger partial charge in [0.25, 0.3) is 0 Å². The van der Waals surface area contributed by atoms with Crippen LogP contribution < -0.4 is 5.32 Å². The summed E-state index contributed by atoms with van der Waals surface area (Å²) in [4.78, 5) is 8.28. The van der Waals surface area contributed by atoms with Crippen molar-refractivity contribution in [2.45, 2.75) is 27.7 Å². The molecule has 4 nitrogen and oxygen atoms in total. The number of aromatic nitrogens is 2. The van der Waals surface area contributed by atoms with Gasteiger partial charge in [0.05, 0.1) is 0 Å². The van der Waals surface area contributed by atoms with Crippen molar-refractivity contribution >= 4 is 5.95 Å². The Morgan fingerprint density at radius 2 is 2.07 bits per heavy atom. The number of rotatable bonds is 2. The molecule has 0 aliphatic rings. The second-order valence-corrected chi connectivity index (χ2v) is 4.74. The molecule has 1 rings (SSSR count). The first-order valence-corrected chi connectivity index (χ1v) is 4.90. The second kappa shape index (κ2) is 4.26. The third kappa shape index (κ3) is 3.94. The lowest BCUT2D eigenvalue weighted by Crippen LogP contribution is -2.20. The Bertz CT molecular complexity index is 385. The van der Waals surface area contributed by atoms with E-state index in [1.165, 1.54) is 0 Å². The summed E-state index contributed by atoms with van der Waals surface area (Å²) in [6.07, 6.45) is 0. The highest BCUT2D eigenvalue weighted by molar-refractivity contribution is 5.33. The molecule has 0 bridgehead atoms. The molecule has 0 saturated heterocycles. The molecule has 1 heterocycles. The maximum atomic E-state index is 8.75. The third-order valence-electron chi connectivity index (χ3n) is 1.75. The smallest absolute Gasteiger partial charge is 0.224 e. The molecule has 0 atom stereocenters. The van der Waals surface area contributed by atoms with E-state index in [1.54, 1.807) is 6.07 Å². The van der Waals surface area contributed by atoms with E-state index >= 15 is 0 Å². The van der Waals surface area contributed by atoms with E-state index in [0.717, 1.165) is 12.2 Å². The predicted molar refractivity (Wildman–Crippen MR) is 59.4 cm³/mol. The van der Waals surface area contributed by atoms with E-state index in [-0.39, 0.29) is 5.41 Å². The standard InChI is InChI=1S/C11H16N4/c1-8-5-9(6-12)15-10(14-8)13-7-11(2,3)4/h5H,7H2,1-4H3,(H,13,14,15). The van der Waals surface area contributed by atoms with Crippen LogP contribution in [0.1, 0.15) is 32.2 Å². The Hall–Kier alpha value is -1.63. The van der Waals surface area contributed by atoms with Crippen LogP contribution in [-0.2, 0) is 0 Å². The number of nitriles is 1. The maximum absolute atomic E-state index is 8.75. The summed E-state index contributed by atoms with van der Waals surface area (Å²) in [6.45, 7) is 9.01. The van der Waals surface area contributed by atoms with Crippen molar-refractivity contribution in [2.24, 2.45) is 5.41 Å². The molecule has 80 valence electrons. The highest BCUT2D eigenvalue weighted by Crippen LogP contribution is 2.13. The molecule has 1 N–H and O–H groups in total. The highest BCUT2D eigenvalue weighted by Gasteiger charge is 2.10. The number of hydrogen-bond donors (Lipinski definition) is 1. The van der Waals surface area contributed by atoms with Crippen molar-refractivity contribution in [1.82, 2.24) is 9.97 Å². The number of aryl methyl sites for hydroxylation is 1. The molecule has 0 aliphatic heterocycles. The van der Waals surface area contributed by atoms with Gasteiger partial charge in [0.2, 0.25) is 5.95 Å². The molecule has 4 heteroatoms. The topological polar surface area (TPSA) is 61.6 Å². The van der Waals surface area contributed by atoms with Crippen LogP contribution in [0.25, 0.3) is 0 Å². The molecule has 0 saturated carbocycles. The Morgan fingerprint density at radius 3 is 2.60 bits per heavy atom. The van der Waals surface area contributed by atoms with Gasteiger partial charge < -0.3 is 5.32 Å². The zero-order valence-electron chi connectivity index (χ0n) is 9.63. The lowest BCUT2D eigenvalue weighted by molar-refractivity contribution is 0.441. The van der Waals surface area contributed by atoms with Crippen LogP contribution in [0.5, 0.6) is 0 Å². The minimum Gasteiger partial charge on any atom is -0.354 e. The van der Waals surface area contributed by atoms with Crippen LogP contribution in [0, 0.1) is 23.7 Å². The summed E-state index contributed by atoms with van der Waals surface area (Å²) < 4.78 is 0. The molecule has 0 amide bonds. The van der Waals surface area contributed by atoms with Gasteiger partial charge in [-0.3, -0.25) is 0 Å². The monoisotopic (exact) mass is 204 g/mol. The first-order chi connectivity index (χ1) is 6.90. The van der Waals surface area contributed by atoms with Gasteiger partial charge in [0, 0.05) is 12.2 Å². The summed E-state index contributed by atoms with van der Waals surface area (Å²) in [5, 5.41) is 11.9. The summed E-state index contributed by atoms with van der Waals surface area (Å²) in [7, 11) is 0. The summed E-state index contributed by atoms with van der Waals surface area (Å²) in [5.74, 6) is 0.529. The van der Waals surface area contributed by atoms with Gasteiger partial charge in [-0.25, -0.2) is 9.97 Å². The molecule has 0 aliphatic carbocycles. The van der Waals surface area contributed by atoms with E-state index in [9.17, 15) is 0 Å². The number of nitrogens with zero attached hydrogens (tertiary/aromatic N) is 3. The van der Waals surface area contributed by atoms with Crippen LogP contribution in [0.4, 0.5) is 5.95 Å². The van der Waals surface area contributed by atoms with Gasteiger partial charge in [-0.05, 0) is 18.4 Å². The average Bonchev–Trinajstić information content (AvgIpc) is 2.13. The lowest BCUT2D eigenvalue weighted by Gasteiger charge is -2.18. The SMILES string of the molecule is Cc1cc(C#N)nc(NCC(C)(C)C)n1. The summed E-state index contributed by atoms with van der Waals surface area (Å²) in [6, 6.07) is 3.68. The molecule has 0 unspecified atom stereocenters. The van der Waals surface area contributed by atoms with Gasteiger partial charge in [0.1, 0.15) is 11.8 Å². The molecule has 0 spiro atoms. The van der Waals surface area contributed by atoms with Gasteiger partial charge in [-0.1, -0.05) is 20.8 Å². The molecule has 1 aromatic rings. The molecular weight excluding hydrogens is 188 g/mol. The van der Waals surface area contributed by atoms with E-state index in [4.69, 9.17) is 5.26 Å². The second-order valence-electron chi connectivity index (χ2n) is 4.74. The fourth-order valence-corrected chi connectivity index (χ4v) is 1.05. The zero-order valence-corrected chi connectivity index (χ0v) is 9.63. The Labute approximate surface area is 90.4 Å². The minimum atomic E-state index is 0.167. The van der Waals surface area contributed by atoms with Gasteiger partial charge in [-0.2, -0.15) is 5.26 Å². The van der Waals surface area contributed by atoms with E-state index in [1.807, 2.05) is 13.0 Å². The van der Waals surface area contributed by atoms with Crippen LogP contribution in [0.15, 0.2) is 6.07 Å². The van der Waals surface area contributed by atoms with Crippen molar-refractivity contribution in [1.29, 1.82) is 5.26 Å². The fourth-order valence-electron chi connectivity index (χ4n) is 1.05. The largest absolute Gasteiger partial charge is 0.354 e. The number of hydrogen-bond acceptors (Lipinski definition) is 4. The van der Waals surface area contributed by atoms with Crippen molar-refractivity contribution in [3.05, 3.63) is 17.5 Å². The van der Waals surface area contributed by atoms with Gasteiger partial charge in [-0.15, -0.1) is 0 Å². The summed E-state index contributed by atoms with van der Waals surface area (Å²) in [5.41, 5.74) is 1.37. The summed E-state index contributed by atoms with van der Waals surface area (Å²) >= 11 is 0. The van der Waals surface area contributed by atoms with Crippen molar-refractivity contribution in [2.75, 3.05) is 11.9 Å². The first kappa shape index (κ1) is 11.4. The number of anilines is 1. The van der Waals surface area contributed by atoms with E-state index < -0.39 is 0 Å². The van der Waals surface area contributed by atoms with Gasteiger partial charge in [0.15, 0.2) is 0 Å². The molecule has 1 aromatic heterocycles. The fraction of sp³-hybridized carbons (Fsp3) is 0.545. The highest BCUT2D eigenvalue weighted by atomic mass is 15.1. The molecular formula is C11H16N4. The Balaban J connectivity index is 2.78. The molecule has 0 radical (unpaired) electrons. The molecule has 0 aromatic carbocycles. The van der Waals surface area contributed by atoms with Crippen molar-refractivity contribution in [3.63, 3.8) is 0 Å². The quantitative estimate of drug-likeness (QED) is 0.801. The van der Waals surface area contributed by atoms with E-state index in [0.29, 0.717) is 11.6 Å². The maximum Gasteiger partial charge on any atom is 0.224 e. The van der Waals surface area contributed by atoms with Crippen LogP contribution in [0.2, 0.25) is 0 Å². The van der Waals surface area contributed by atoms with Crippen molar-refractivity contribution in [3.8, 4) is 6.07 Å². The molecule has 15 heavy (non-hydrogen) atoms. The normalized spacial score (nSPS) is 10.9. The Kier molecular flexibility index (Phi) is 3.25. The van der Waals surface area contributed by atoms with Crippen LogP contribution >= 0.6 is 0 Å². The van der Waals surface area contributed by atoms with Crippen LogP contribution in [-0.4, -0.2) is 16.5 Å². The molecule has 0 fully saturated rings. The van der Waals surface area contributed by atoms with Crippen LogP contribution in [0.3, 0.4) is 0 Å². The zero-order chi connectivity index (χ0) is 11.5.